The molecule has 4 nitrogen and oxygen atoms in total. The van der Waals surface area contributed by atoms with Crippen molar-refractivity contribution in [2.24, 2.45) is 0 Å². The predicted octanol–water partition coefficient (Wildman–Crippen LogP) is 1.26. The summed E-state index contributed by atoms with van der Waals surface area (Å²) >= 11 is 0. The lowest BCUT2D eigenvalue weighted by atomic mass is 10.8. The van der Waals surface area contributed by atoms with Gasteiger partial charge in [-0.3, -0.25) is 0 Å². The van der Waals surface area contributed by atoms with Crippen molar-refractivity contribution >= 4 is 17.5 Å². The van der Waals surface area contributed by atoms with E-state index in [2.05, 4.69) is 106 Å². The third kappa shape index (κ3) is 8.72. The van der Waals surface area contributed by atoms with Crippen LogP contribution in [-0.2, 0) is 0 Å². The second kappa shape index (κ2) is 9.85. The molecule has 0 fully saturated rings. The number of hydrogen-bond donors (Lipinski definition) is 0. The molecule has 0 aliphatic heterocycles. The summed E-state index contributed by atoms with van der Waals surface area (Å²) in [6, 6.07) is 0. The van der Waals surface area contributed by atoms with Gasteiger partial charge in [-0.05, 0) is 76.4 Å². The molecule has 0 unspecified atom stereocenters. The van der Waals surface area contributed by atoms with Gasteiger partial charge in [0.2, 0.25) is 9.12 Å². The van der Waals surface area contributed by atoms with Crippen molar-refractivity contribution in [3.05, 3.63) is 11.8 Å². The van der Waals surface area contributed by atoms with Crippen LogP contribution in [0.3, 0.4) is 0 Å². The molecule has 116 valence electrons. The van der Waals surface area contributed by atoms with E-state index in [9.17, 15) is 0 Å². The molecule has 0 saturated carbocycles. The van der Waals surface area contributed by atoms with Crippen LogP contribution >= 0.6 is 0 Å². The fourth-order valence-electron chi connectivity index (χ4n) is 1.38. The maximum atomic E-state index is 2.33. The molecule has 0 saturated heterocycles. The largest absolute Gasteiger partial charge is 0.317 e. The smallest absolute Gasteiger partial charge is 0.214 e. The van der Waals surface area contributed by atoms with E-state index in [0.717, 1.165) is 0 Å². The average Bonchev–Trinajstić information content (AvgIpc) is 2.25. The molecule has 0 amide bonds. The van der Waals surface area contributed by atoms with Gasteiger partial charge in [0.1, 0.15) is 0 Å². The zero-order chi connectivity index (χ0) is 15.8. The van der Waals surface area contributed by atoms with Gasteiger partial charge in [-0.1, -0.05) is 11.8 Å². The first-order chi connectivity index (χ1) is 8.48. The highest BCUT2D eigenvalue weighted by Gasteiger charge is 2.26. The third-order valence-electron chi connectivity index (χ3n) is 3.61. The van der Waals surface area contributed by atoms with Crippen LogP contribution < -0.4 is 0 Å². The van der Waals surface area contributed by atoms with Gasteiger partial charge in [0.15, 0.2) is 8.40 Å². The number of rotatable bonds is 5. The Morgan fingerprint density at radius 1 is 0.737 bits per heavy atom. The van der Waals surface area contributed by atoms with Crippen molar-refractivity contribution in [2.75, 3.05) is 56.4 Å². The maximum Gasteiger partial charge on any atom is 0.214 e. The Morgan fingerprint density at radius 3 is 1.11 bits per heavy atom. The Morgan fingerprint density at radius 2 is 1.05 bits per heavy atom. The van der Waals surface area contributed by atoms with E-state index in [0.29, 0.717) is 0 Å². The first-order valence-corrected chi connectivity index (χ1v) is 11.4. The molecule has 19 heavy (non-hydrogen) atoms. The SMILES string of the molecule is CC=C[SiH](N(C)C)N(C)C.CN(C)[Si](C)(C)N(C)C. The molecule has 0 atom stereocenters. The summed E-state index contributed by atoms with van der Waals surface area (Å²) < 4.78 is 9.26. The van der Waals surface area contributed by atoms with Gasteiger partial charge in [0.05, 0.1) is 0 Å². The molecule has 0 aromatic rings. The van der Waals surface area contributed by atoms with Crippen LogP contribution in [0.25, 0.3) is 0 Å². The minimum atomic E-state index is -1.19. The van der Waals surface area contributed by atoms with E-state index in [1.807, 2.05) is 0 Å². The average molecular weight is 305 g/mol. The molecule has 0 aromatic carbocycles. The van der Waals surface area contributed by atoms with Gasteiger partial charge in [0, 0.05) is 0 Å². The van der Waals surface area contributed by atoms with Gasteiger partial charge >= 0.3 is 0 Å². The molecule has 6 heteroatoms. The van der Waals surface area contributed by atoms with Crippen LogP contribution in [-0.4, -0.2) is 92.2 Å². The Kier molecular flexibility index (Phi) is 11.0. The normalized spacial score (nSPS) is 13.1. The quantitative estimate of drug-likeness (QED) is 0.709. The van der Waals surface area contributed by atoms with Gasteiger partial charge < -0.3 is 18.3 Å². The third-order valence-corrected chi connectivity index (χ3v) is 10.8. The van der Waals surface area contributed by atoms with Gasteiger partial charge in [-0.15, -0.1) is 0 Å². The summed E-state index contributed by atoms with van der Waals surface area (Å²) in [7, 11) is 15.0. The van der Waals surface area contributed by atoms with Crippen molar-refractivity contribution in [3.8, 4) is 0 Å². The van der Waals surface area contributed by atoms with E-state index in [-0.39, 0.29) is 0 Å². The minimum absolute atomic E-state index is 0.894. The first-order valence-electron chi connectivity index (χ1n) is 6.79. The first kappa shape index (κ1) is 21.3. The Balaban J connectivity index is 0. The van der Waals surface area contributed by atoms with Crippen LogP contribution in [0.4, 0.5) is 0 Å². The predicted molar refractivity (Wildman–Crippen MR) is 94.2 cm³/mol. The van der Waals surface area contributed by atoms with Crippen LogP contribution in [0.1, 0.15) is 6.92 Å². The topological polar surface area (TPSA) is 13.0 Å². The molecule has 0 radical (unpaired) electrons. The molecule has 0 aliphatic carbocycles. The fourth-order valence-corrected chi connectivity index (χ4v) is 4.13. The minimum Gasteiger partial charge on any atom is -0.317 e. The monoisotopic (exact) mass is 304 g/mol. The zero-order valence-corrected chi connectivity index (χ0v) is 17.2. The summed E-state index contributed by atoms with van der Waals surface area (Å²) in [6.07, 6.45) is 2.14. The van der Waals surface area contributed by atoms with E-state index in [1.165, 1.54) is 0 Å². The van der Waals surface area contributed by atoms with Crippen LogP contribution in [0.5, 0.6) is 0 Å². The lowest BCUT2D eigenvalue weighted by molar-refractivity contribution is 0.495. The standard InChI is InChI=1S/C7H18N2Si.C6H18N2Si/c1-6-7-10(8(2)3)9(4)5;1-7(2)9(5,6)8(3)4/h6-7,10H,1-5H3;1-6H3. The van der Waals surface area contributed by atoms with Gasteiger partial charge in [-0.25, -0.2) is 0 Å². The molecule has 0 aliphatic rings. The lowest BCUT2D eigenvalue weighted by Crippen LogP contribution is -2.55. The molecular formula is C13H36N4Si2. The summed E-state index contributed by atoms with van der Waals surface area (Å²) in [5.74, 6) is 0. The molecule has 0 bridgehead atoms. The van der Waals surface area contributed by atoms with Crippen LogP contribution in [0.2, 0.25) is 13.1 Å². The number of allylic oxidation sites excluding steroid dienone is 1. The molecule has 0 spiro atoms. The lowest BCUT2D eigenvalue weighted by Gasteiger charge is -2.35. The van der Waals surface area contributed by atoms with E-state index in [1.54, 1.807) is 0 Å². The highest BCUT2D eigenvalue weighted by atomic mass is 28.3. The fraction of sp³-hybridized carbons (Fsp3) is 0.846. The Hall–Kier alpha value is 0.0138. The maximum absolute atomic E-state index is 2.33. The van der Waals surface area contributed by atoms with E-state index < -0.39 is 17.5 Å². The van der Waals surface area contributed by atoms with Crippen LogP contribution in [0.15, 0.2) is 11.8 Å². The second-order valence-electron chi connectivity index (χ2n) is 6.15. The van der Waals surface area contributed by atoms with Gasteiger partial charge in [0.25, 0.3) is 0 Å². The molecular weight excluding hydrogens is 268 g/mol. The van der Waals surface area contributed by atoms with E-state index >= 15 is 0 Å². The molecule has 0 heterocycles. The number of nitrogens with zero attached hydrogens (tertiary/aromatic N) is 4. The van der Waals surface area contributed by atoms with E-state index in [4.69, 9.17) is 0 Å². The van der Waals surface area contributed by atoms with Crippen LogP contribution in [0, 0.1) is 0 Å². The summed E-state index contributed by atoms with van der Waals surface area (Å²) in [5.41, 5.74) is 2.31. The van der Waals surface area contributed by atoms with Crippen molar-refractivity contribution in [1.29, 1.82) is 0 Å². The summed E-state index contributed by atoms with van der Waals surface area (Å²) in [6.45, 7) is 6.73. The number of hydrogen-bond acceptors (Lipinski definition) is 4. The van der Waals surface area contributed by atoms with Crippen molar-refractivity contribution in [3.63, 3.8) is 0 Å². The van der Waals surface area contributed by atoms with Crippen molar-refractivity contribution in [2.45, 2.75) is 20.0 Å². The molecule has 0 N–H and O–H groups in total. The Bertz CT molecular complexity index is 233. The highest BCUT2D eigenvalue weighted by molar-refractivity contribution is 6.71. The van der Waals surface area contributed by atoms with Crippen molar-refractivity contribution in [1.82, 2.24) is 18.3 Å². The summed E-state index contributed by atoms with van der Waals surface area (Å²) in [5, 5.41) is 0. The molecule has 0 rings (SSSR count). The highest BCUT2D eigenvalue weighted by Crippen LogP contribution is 2.06. The zero-order valence-electron chi connectivity index (χ0n) is 15.0. The van der Waals surface area contributed by atoms with Gasteiger partial charge in [-0.2, -0.15) is 0 Å². The summed E-state index contributed by atoms with van der Waals surface area (Å²) in [4.78, 5) is 0. The second-order valence-corrected chi connectivity index (χ2v) is 14.2. The van der Waals surface area contributed by atoms with Crippen molar-refractivity contribution < 1.29 is 0 Å². The molecule has 0 aromatic heterocycles. The Labute approximate surface area is 124 Å².